The maximum absolute atomic E-state index is 12.9. The van der Waals surface area contributed by atoms with E-state index in [0.717, 1.165) is 0 Å². The van der Waals surface area contributed by atoms with E-state index in [0.29, 0.717) is 5.75 Å². The van der Waals surface area contributed by atoms with Crippen LogP contribution in [0.15, 0.2) is 45.6 Å². The second-order valence-electron chi connectivity index (χ2n) is 5.24. The molecule has 3 rings (SSSR count). The molecule has 0 aliphatic heterocycles. The molecular weight excluding hydrogens is 366 g/mol. The standard InChI is InChI=1S/C16H13NO8S/c1-23-9-3-4-10-13(7-9)24-16(25-26(20,21)22)14(15(10)19)8-2-5-12(18)11(17)6-8/h2-7,18H,17H2,1H3,(H,20,21,22). The van der Waals surface area contributed by atoms with E-state index in [1.807, 2.05) is 0 Å². The van der Waals surface area contributed by atoms with Gasteiger partial charge in [0.2, 0.25) is 5.43 Å². The van der Waals surface area contributed by atoms with Crippen LogP contribution in [0, 0.1) is 0 Å². The molecule has 9 nitrogen and oxygen atoms in total. The number of fused-ring (bicyclic) bond motifs is 1. The summed E-state index contributed by atoms with van der Waals surface area (Å²) in [7, 11) is -3.57. The van der Waals surface area contributed by atoms with Gasteiger partial charge in [0.1, 0.15) is 22.6 Å². The minimum atomic E-state index is -4.97. The third kappa shape index (κ3) is 3.27. The van der Waals surface area contributed by atoms with Crippen molar-refractivity contribution in [3.05, 3.63) is 46.6 Å². The van der Waals surface area contributed by atoms with Crippen molar-refractivity contribution in [1.82, 2.24) is 0 Å². The minimum absolute atomic E-state index is 0.0106. The molecule has 3 aromatic rings. The largest absolute Gasteiger partial charge is 0.506 e. The Morgan fingerprint density at radius 1 is 1.15 bits per heavy atom. The van der Waals surface area contributed by atoms with E-state index in [1.165, 1.54) is 43.5 Å². The zero-order valence-electron chi connectivity index (χ0n) is 13.3. The van der Waals surface area contributed by atoms with E-state index >= 15 is 0 Å². The SMILES string of the molecule is COc1ccc2c(=O)c(-c3ccc(O)c(N)c3)c(OS(=O)(=O)O)oc2c1. The first-order valence-electron chi connectivity index (χ1n) is 7.10. The van der Waals surface area contributed by atoms with Crippen LogP contribution in [0.2, 0.25) is 0 Å². The highest BCUT2D eigenvalue weighted by Crippen LogP contribution is 2.35. The number of nitrogens with two attached hydrogens (primary N) is 1. The van der Waals surface area contributed by atoms with Crippen LogP contribution in [0.25, 0.3) is 22.1 Å². The van der Waals surface area contributed by atoms with E-state index in [-0.39, 0.29) is 33.5 Å². The molecule has 0 radical (unpaired) electrons. The van der Waals surface area contributed by atoms with Crippen molar-refractivity contribution < 1.29 is 31.4 Å². The number of benzene rings is 2. The lowest BCUT2D eigenvalue weighted by molar-refractivity contribution is 0.338. The van der Waals surface area contributed by atoms with Gasteiger partial charge in [-0.2, -0.15) is 8.42 Å². The predicted molar refractivity (Wildman–Crippen MR) is 92.7 cm³/mol. The second-order valence-corrected chi connectivity index (χ2v) is 6.26. The van der Waals surface area contributed by atoms with Gasteiger partial charge in [-0.1, -0.05) is 6.07 Å². The minimum Gasteiger partial charge on any atom is -0.506 e. The smallest absolute Gasteiger partial charge is 0.449 e. The normalized spacial score (nSPS) is 11.5. The molecule has 0 aliphatic carbocycles. The van der Waals surface area contributed by atoms with Crippen molar-refractivity contribution in [2.45, 2.75) is 0 Å². The molecule has 10 heteroatoms. The number of hydrogen-bond acceptors (Lipinski definition) is 8. The van der Waals surface area contributed by atoms with Gasteiger partial charge in [-0.3, -0.25) is 9.35 Å². The Morgan fingerprint density at radius 2 is 1.88 bits per heavy atom. The lowest BCUT2D eigenvalue weighted by Crippen LogP contribution is -2.13. The Balaban J connectivity index is 2.38. The summed E-state index contributed by atoms with van der Waals surface area (Å²) in [6.07, 6.45) is 0. The number of rotatable bonds is 4. The van der Waals surface area contributed by atoms with Gasteiger partial charge in [0.25, 0.3) is 0 Å². The summed E-state index contributed by atoms with van der Waals surface area (Å²) >= 11 is 0. The zero-order chi connectivity index (χ0) is 19.1. The van der Waals surface area contributed by atoms with E-state index in [1.54, 1.807) is 0 Å². The third-order valence-corrected chi connectivity index (χ3v) is 3.93. The van der Waals surface area contributed by atoms with E-state index in [4.69, 9.17) is 19.4 Å². The summed E-state index contributed by atoms with van der Waals surface area (Å²) in [5.41, 5.74) is 4.79. The highest BCUT2D eigenvalue weighted by molar-refractivity contribution is 7.81. The first kappa shape index (κ1) is 17.6. The second kappa shape index (κ2) is 6.24. The Hall–Kier alpha value is -3.24. The number of phenolic OH excluding ortho intramolecular Hbond substituents is 1. The Kier molecular flexibility index (Phi) is 4.22. The van der Waals surface area contributed by atoms with Crippen LogP contribution in [0.5, 0.6) is 17.4 Å². The number of ether oxygens (including phenoxy) is 1. The quantitative estimate of drug-likeness (QED) is 0.351. The fourth-order valence-electron chi connectivity index (χ4n) is 2.39. The summed E-state index contributed by atoms with van der Waals surface area (Å²) in [4.78, 5) is 12.9. The molecule has 0 fully saturated rings. The molecule has 0 atom stereocenters. The Bertz CT molecular complexity index is 1170. The zero-order valence-corrected chi connectivity index (χ0v) is 14.1. The fourth-order valence-corrected chi connectivity index (χ4v) is 2.70. The summed E-state index contributed by atoms with van der Waals surface area (Å²) in [6, 6.07) is 8.11. The van der Waals surface area contributed by atoms with Crippen LogP contribution in [0.1, 0.15) is 0 Å². The van der Waals surface area contributed by atoms with Crippen molar-refractivity contribution >= 4 is 27.1 Å². The molecular formula is C16H13NO8S. The summed E-state index contributed by atoms with van der Waals surface area (Å²) < 4.78 is 46.2. The number of phenols is 1. The van der Waals surface area contributed by atoms with Crippen molar-refractivity contribution in [2.24, 2.45) is 0 Å². The first-order valence-corrected chi connectivity index (χ1v) is 8.46. The summed E-state index contributed by atoms with van der Waals surface area (Å²) in [5, 5.41) is 9.66. The van der Waals surface area contributed by atoms with Crippen LogP contribution in [0.3, 0.4) is 0 Å². The van der Waals surface area contributed by atoms with Crippen LogP contribution in [0.4, 0.5) is 5.69 Å². The van der Waals surface area contributed by atoms with Crippen LogP contribution in [-0.2, 0) is 10.4 Å². The molecule has 2 aromatic carbocycles. The molecule has 26 heavy (non-hydrogen) atoms. The third-order valence-electron chi connectivity index (χ3n) is 3.56. The Morgan fingerprint density at radius 3 is 2.50 bits per heavy atom. The lowest BCUT2D eigenvalue weighted by Gasteiger charge is -2.10. The molecule has 136 valence electrons. The lowest BCUT2D eigenvalue weighted by atomic mass is 10.0. The van der Waals surface area contributed by atoms with Gasteiger partial charge in [-0.15, -0.1) is 0 Å². The average molecular weight is 379 g/mol. The van der Waals surface area contributed by atoms with Gasteiger partial charge in [0.05, 0.1) is 18.2 Å². The molecule has 0 unspecified atom stereocenters. The van der Waals surface area contributed by atoms with Gasteiger partial charge in [-0.05, 0) is 29.8 Å². The van der Waals surface area contributed by atoms with E-state index < -0.39 is 21.8 Å². The van der Waals surface area contributed by atoms with Gasteiger partial charge in [0.15, 0.2) is 0 Å². The van der Waals surface area contributed by atoms with Crippen molar-refractivity contribution in [3.63, 3.8) is 0 Å². The van der Waals surface area contributed by atoms with Gasteiger partial charge in [-0.25, -0.2) is 0 Å². The predicted octanol–water partition coefficient (Wildman–Crippen LogP) is 1.94. The number of aromatic hydroxyl groups is 1. The van der Waals surface area contributed by atoms with Crippen LogP contribution in [-0.4, -0.2) is 25.2 Å². The topological polar surface area (TPSA) is 149 Å². The van der Waals surface area contributed by atoms with E-state index in [9.17, 15) is 18.3 Å². The van der Waals surface area contributed by atoms with Crippen molar-refractivity contribution in [3.8, 4) is 28.6 Å². The molecule has 0 aliphatic rings. The summed E-state index contributed by atoms with van der Waals surface area (Å²) in [6.45, 7) is 0. The molecule has 1 heterocycles. The van der Waals surface area contributed by atoms with Crippen LogP contribution < -0.4 is 20.1 Å². The van der Waals surface area contributed by atoms with Crippen LogP contribution >= 0.6 is 0 Å². The fraction of sp³-hybridized carbons (Fsp3) is 0.0625. The highest BCUT2D eigenvalue weighted by Gasteiger charge is 2.22. The molecule has 0 bridgehead atoms. The average Bonchev–Trinajstić information content (AvgIpc) is 2.56. The molecule has 4 N–H and O–H groups in total. The first-order chi connectivity index (χ1) is 12.2. The van der Waals surface area contributed by atoms with Gasteiger partial charge >= 0.3 is 16.3 Å². The van der Waals surface area contributed by atoms with Gasteiger partial charge < -0.3 is 24.2 Å². The van der Waals surface area contributed by atoms with Crippen molar-refractivity contribution in [1.29, 1.82) is 0 Å². The molecule has 0 saturated carbocycles. The number of nitrogen functional groups attached to an aromatic ring is 1. The monoisotopic (exact) mass is 379 g/mol. The van der Waals surface area contributed by atoms with Gasteiger partial charge in [0, 0.05) is 6.07 Å². The number of anilines is 1. The molecule has 0 saturated heterocycles. The molecule has 1 aromatic heterocycles. The summed E-state index contributed by atoms with van der Waals surface area (Å²) in [5.74, 6) is -0.607. The number of hydrogen-bond donors (Lipinski definition) is 3. The van der Waals surface area contributed by atoms with E-state index in [2.05, 4.69) is 4.18 Å². The molecule has 0 spiro atoms. The highest BCUT2D eigenvalue weighted by atomic mass is 32.3. The van der Waals surface area contributed by atoms with Crippen molar-refractivity contribution in [2.75, 3.05) is 12.8 Å². The number of methoxy groups -OCH3 is 1. The maximum Gasteiger partial charge on any atom is 0.449 e. The molecule has 0 amide bonds. The maximum atomic E-state index is 12.9. The Labute approximate surface area is 147 Å².